The van der Waals surface area contributed by atoms with Crippen LogP contribution in [0, 0.1) is 0 Å². The number of amides is 1. The monoisotopic (exact) mass is 361 g/mol. The summed E-state index contributed by atoms with van der Waals surface area (Å²) in [5.41, 5.74) is 2.36. The fraction of sp³-hybridized carbons (Fsp3) is 0.182. The summed E-state index contributed by atoms with van der Waals surface area (Å²) in [6.07, 6.45) is 7.41. The van der Waals surface area contributed by atoms with Crippen LogP contribution in [0.3, 0.4) is 0 Å². The third kappa shape index (κ3) is 4.26. The number of fused-ring (bicyclic) bond motifs is 1. The molecule has 138 valence electrons. The molecule has 0 aliphatic rings. The minimum absolute atomic E-state index is 0.143. The number of hydrogen-bond acceptors (Lipinski definition) is 3. The molecule has 5 nitrogen and oxygen atoms in total. The van der Waals surface area contributed by atoms with Gasteiger partial charge < -0.3 is 14.6 Å². The van der Waals surface area contributed by atoms with Crippen molar-refractivity contribution < 1.29 is 9.53 Å². The molecule has 3 rings (SSSR count). The minimum atomic E-state index is -0.143. The van der Waals surface area contributed by atoms with Crippen LogP contribution in [0.15, 0.2) is 73.5 Å². The summed E-state index contributed by atoms with van der Waals surface area (Å²) in [6, 6.07) is 13.4. The largest absolute Gasteiger partial charge is 0.489 e. The van der Waals surface area contributed by atoms with E-state index in [1.54, 1.807) is 12.3 Å². The molecule has 0 radical (unpaired) electrons. The van der Waals surface area contributed by atoms with E-state index >= 15 is 0 Å². The maximum Gasteiger partial charge on any atom is 0.268 e. The number of pyridine rings is 1. The highest BCUT2D eigenvalue weighted by atomic mass is 16.5. The highest BCUT2D eigenvalue weighted by Crippen LogP contribution is 2.29. The Hall–Kier alpha value is -3.34. The number of ether oxygens (including phenoxy) is 1. The van der Waals surface area contributed by atoms with Crippen LogP contribution in [0.4, 0.5) is 0 Å². The number of aromatic nitrogens is 2. The van der Waals surface area contributed by atoms with E-state index in [9.17, 15) is 4.79 Å². The molecule has 27 heavy (non-hydrogen) atoms. The standard InChI is InChI=1S/C22H23N3O2/c1-3-5-13-25-19-10-8-11-21(27-14-4-2)18(19)15-20(25)22(26)24-16-17-9-6-7-12-23-17/h3-12,15H,2,13-14,16H2,1H3,(H,24,26)/b5-3-. The van der Waals surface area contributed by atoms with Crippen LogP contribution in [0.5, 0.6) is 5.75 Å². The lowest BCUT2D eigenvalue weighted by molar-refractivity contribution is 0.0942. The van der Waals surface area contributed by atoms with E-state index in [1.807, 2.05) is 66.1 Å². The summed E-state index contributed by atoms with van der Waals surface area (Å²) >= 11 is 0. The summed E-state index contributed by atoms with van der Waals surface area (Å²) in [6.45, 7) is 7.06. The Morgan fingerprint density at radius 1 is 1.30 bits per heavy atom. The normalized spacial score (nSPS) is 11.0. The average molecular weight is 361 g/mol. The fourth-order valence-electron chi connectivity index (χ4n) is 2.89. The van der Waals surface area contributed by atoms with Crippen molar-refractivity contribution in [2.75, 3.05) is 6.61 Å². The van der Waals surface area contributed by atoms with Crippen molar-refractivity contribution in [3.63, 3.8) is 0 Å². The average Bonchev–Trinajstić information content (AvgIpc) is 3.09. The molecule has 2 aromatic heterocycles. The first-order valence-electron chi connectivity index (χ1n) is 8.89. The second kappa shape index (κ2) is 8.85. The first-order valence-corrected chi connectivity index (χ1v) is 8.89. The molecule has 0 atom stereocenters. The molecular formula is C22H23N3O2. The van der Waals surface area contributed by atoms with Gasteiger partial charge in [0.25, 0.3) is 5.91 Å². The Labute approximate surface area is 159 Å². The van der Waals surface area contributed by atoms with Gasteiger partial charge in [-0.2, -0.15) is 0 Å². The molecule has 0 aliphatic carbocycles. The van der Waals surface area contributed by atoms with E-state index in [-0.39, 0.29) is 5.91 Å². The Bertz CT molecular complexity index is 958. The van der Waals surface area contributed by atoms with Crippen LogP contribution in [-0.4, -0.2) is 22.1 Å². The van der Waals surface area contributed by atoms with Crippen LogP contribution >= 0.6 is 0 Å². The van der Waals surface area contributed by atoms with E-state index in [2.05, 4.69) is 16.9 Å². The van der Waals surface area contributed by atoms with E-state index in [0.29, 0.717) is 25.4 Å². The van der Waals surface area contributed by atoms with Crippen LogP contribution < -0.4 is 10.1 Å². The summed E-state index contributed by atoms with van der Waals surface area (Å²) in [5.74, 6) is 0.599. The van der Waals surface area contributed by atoms with Gasteiger partial charge in [0, 0.05) is 18.1 Å². The molecule has 5 heteroatoms. The fourth-order valence-corrected chi connectivity index (χ4v) is 2.89. The molecule has 0 saturated heterocycles. The van der Waals surface area contributed by atoms with Gasteiger partial charge in [-0.25, -0.2) is 0 Å². The topological polar surface area (TPSA) is 56.1 Å². The summed E-state index contributed by atoms with van der Waals surface area (Å²) in [4.78, 5) is 17.1. The Kier molecular flexibility index (Phi) is 6.05. The molecule has 0 aliphatic heterocycles. The lowest BCUT2D eigenvalue weighted by Crippen LogP contribution is -2.25. The second-order valence-electron chi connectivity index (χ2n) is 6.00. The molecule has 0 fully saturated rings. The number of carbonyl (C=O) groups excluding carboxylic acids is 1. The number of nitrogens with zero attached hydrogens (tertiary/aromatic N) is 2. The van der Waals surface area contributed by atoms with Gasteiger partial charge in [0.1, 0.15) is 18.1 Å². The van der Waals surface area contributed by atoms with Gasteiger partial charge in [0.2, 0.25) is 0 Å². The predicted molar refractivity (Wildman–Crippen MR) is 108 cm³/mol. The van der Waals surface area contributed by atoms with Crippen LogP contribution in [0.25, 0.3) is 10.9 Å². The molecule has 1 amide bonds. The number of nitrogens with one attached hydrogen (secondary N) is 1. The number of carbonyl (C=O) groups is 1. The molecule has 0 saturated carbocycles. The lowest BCUT2D eigenvalue weighted by Gasteiger charge is -2.09. The van der Waals surface area contributed by atoms with E-state index in [0.717, 1.165) is 22.3 Å². The van der Waals surface area contributed by atoms with Crippen molar-refractivity contribution in [2.45, 2.75) is 20.0 Å². The number of hydrogen-bond donors (Lipinski definition) is 1. The molecule has 0 unspecified atom stereocenters. The summed E-state index contributed by atoms with van der Waals surface area (Å²) < 4.78 is 7.75. The zero-order valence-electron chi connectivity index (χ0n) is 15.4. The molecule has 0 spiro atoms. The van der Waals surface area contributed by atoms with Gasteiger partial charge in [-0.1, -0.05) is 36.9 Å². The third-order valence-corrected chi connectivity index (χ3v) is 4.17. The van der Waals surface area contributed by atoms with Crippen LogP contribution in [0.2, 0.25) is 0 Å². The maximum atomic E-state index is 12.9. The number of allylic oxidation sites excluding steroid dienone is 2. The molecule has 3 aromatic rings. The lowest BCUT2D eigenvalue weighted by atomic mass is 10.2. The van der Waals surface area contributed by atoms with Gasteiger partial charge in [-0.05, 0) is 37.3 Å². The van der Waals surface area contributed by atoms with Gasteiger partial charge in [-0.15, -0.1) is 0 Å². The first-order chi connectivity index (χ1) is 13.2. The quantitative estimate of drug-likeness (QED) is 0.615. The second-order valence-corrected chi connectivity index (χ2v) is 6.00. The van der Waals surface area contributed by atoms with Gasteiger partial charge in [0.15, 0.2) is 0 Å². The van der Waals surface area contributed by atoms with Crippen molar-refractivity contribution in [3.05, 3.63) is 84.9 Å². The molecule has 1 aromatic carbocycles. The zero-order chi connectivity index (χ0) is 19.1. The zero-order valence-corrected chi connectivity index (χ0v) is 15.4. The molecular weight excluding hydrogens is 338 g/mol. The van der Waals surface area contributed by atoms with Gasteiger partial charge in [0.05, 0.1) is 17.8 Å². The predicted octanol–water partition coefficient (Wildman–Crippen LogP) is 4.11. The van der Waals surface area contributed by atoms with Crippen LogP contribution in [0.1, 0.15) is 23.1 Å². The minimum Gasteiger partial charge on any atom is -0.489 e. The maximum absolute atomic E-state index is 12.9. The molecule has 1 N–H and O–H groups in total. The van der Waals surface area contributed by atoms with Crippen molar-refractivity contribution >= 4 is 16.8 Å². The highest BCUT2D eigenvalue weighted by Gasteiger charge is 2.17. The smallest absolute Gasteiger partial charge is 0.268 e. The Morgan fingerprint density at radius 2 is 2.19 bits per heavy atom. The van der Waals surface area contributed by atoms with Crippen molar-refractivity contribution in [3.8, 4) is 5.75 Å². The number of benzene rings is 1. The SMILES string of the molecule is C=CCOc1cccc2c1cc(C(=O)NCc1ccccn1)n2C/C=C\C. The molecule has 2 heterocycles. The van der Waals surface area contributed by atoms with Crippen molar-refractivity contribution in [2.24, 2.45) is 0 Å². The first kappa shape index (κ1) is 18.5. The van der Waals surface area contributed by atoms with Gasteiger partial charge >= 0.3 is 0 Å². The Morgan fingerprint density at radius 3 is 2.93 bits per heavy atom. The van der Waals surface area contributed by atoms with E-state index in [1.165, 1.54) is 0 Å². The summed E-state index contributed by atoms with van der Waals surface area (Å²) in [7, 11) is 0. The third-order valence-electron chi connectivity index (χ3n) is 4.17. The molecule has 0 bridgehead atoms. The van der Waals surface area contributed by atoms with E-state index in [4.69, 9.17) is 4.74 Å². The van der Waals surface area contributed by atoms with Crippen LogP contribution in [-0.2, 0) is 13.1 Å². The van der Waals surface area contributed by atoms with E-state index < -0.39 is 0 Å². The van der Waals surface area contributed by atoms with Gasteiger partial charge in [-0.3, -0.25) is 9.78 Å². The van der Waals surface area contributed by atoms with Crippen molar-refractivity contribution in [1.29, 1.82) is 0 Å². The highest BCUT2D eigenvalue weighted by molar-refractivity contribution is 6.00. The summed E-state index contributed by atoms with van der Waals surface area (Å²) in [5, 5.41) is 3.86. The number of rotatable bonds is 8. The van der Waals surface area contributed by atoms with Crippen molar-refractivity contribution in [1.82, 2.24) is 14.9 Å². The Balaban J connectivity index is 1.94.